The fourth-order valence-electron chi connectivity index (χ4n) is 4.00. The van der Waals surface area contributed by atoms with Crippen molar-refractivity contribution in [2.75, 3.05) is 12.3 Å². The summed E-state index contributed by atoms with van der Waals surface area (Å²) in [4.78, 5) is 35.1. The van der Waals surface area contributed by atoms with Gasteiger partial charge in [0.2, 0.25) is 11.8 Å². The van der Waals surface area contributed by atoms with Crippen molar-refractivity contribution < 1.29 is 18.4 Å². The summed E-state index contributed by atoms with van der Waals surface area (Å²) in [6.45, 7) is 1.36. The van der Waals surface area contributed by atoms with Crippen LogP contribution < -0.4 is 11.1 Å². The molecule has 2 aromatic heterocycles. The van der Waals surface area contributed by atoms with Gasteiger partial charge in [-0.1, -0.05) is 23.7 Å². The van der Waals surface area contributed by atoms with Crippen LogP contribution in [0.2, 0.25) is 5.02 Å². The fourth-order valence-corrected chi connectivity index (χ4v) is 4.19. The smallest absolute Gasteiger partial charge is 0.243 e. The molecule has 168 valence electrons. The second-order valence-corrected chi connectivity index (χ2v) is 8.13. The van der Waals surface area contributed by atoms with E-state index in [1.807, 2.05) is 6.92 Å². The lowest BCUT2D eigenvalue weighted by Gasteiger charge is -2.24. The number of amides is 2. The lowest BCUT2D eigenvalue weighted by atomic mass is 10.1. The Bertz CT molecular complexity index is 1200. The molecule has 3 heterocycles. The molecular weight excluding hydrogens is 442 g/mol. The summed E-state index contributed by atoms with van der Waals surface area (Å²) in [5.41, 5.74) is 7.39. The number of alkyl halides is 1. The molecule has 32 heavy (non-hydrogen) atoms. The summed E-state index contributed by atoms with van der Waals surface area (Å²) in [5.74, 6) is -1.33. The van der Waals surface area contributed by atoms with Gasteiger partial charge < -0.3 is 20.5 Å². The molecule has 1 fully saturated rings. The average molecular weight is 463 g/mol. The van der Waals surface area contributed by atoms with Crippen molar-refractivity contribution in [2.45, 2.75) is 38.6 Å². The van der Waals surface area contributed by atoms with E-state index in [9.17, 15) is 18.4 Å². The molecule has 2 atom stereocenters. The topological polar surface area (TPSA) is 106 Å². The van der Waals surface area contributed by atoms with E-state index in [1.54, 1.807) is 16.8 Å². The number of likely N-dealkylation sites (tertiary alicyclic amines) is 1. The molecule has 0 bridgehead atoms. The van der Waals surface area contributed by atoms with E-state index < -0.39 is 29.8 Å². The van der Waals surface area contributed by atoms with Gasteiger partial charge in [-0.05, 0) is 18.6 Å². The van der Waals surface area contributed by atoms with Crippen molar-refractivity contribution in [1.82, 2.24) is 24.8 Å². The van der Waals surface area contributed by atoms with Crippen molar-refractivity contribution in [3.05, 3.63) is 52.7 Å². The molecule has 0 aliphatic carbocycles. The van der Waals surface area contributed by atoms with Crippen LogP contribution in [0.25, 0.3) is 11.0 Å². The number of nitrogens with two attached hydrogens (primary N) is 1. The van der Waals surface area contributed by atoms with Crippen LogP contribution >= 0.6 is 11.6 Å². The Labute approximate surface area is 187 Å². The number of carbonyl (C=O) groups excluding carboxylic acids is 2. The molecule has 1 aliphatic rings. The number of aryl methyl sites for hydroxylation is 1. The van der Waals surface area contributed by atoms with Gasteiger partial charge in [0.05, 0.1) is 17.0 Å². The van der Waals surface area contributed by atoms with Crippen molar-refractivity contribution in [3.63, 3.8) is 0 Å². The quantitative estimate of drug-likeness (QED) is 0.605. The summed E-state index contributed by atoms with van der Waals surface area (Å²) in [6.07, 6.45) is 1.55. The minimum atomic E-state index is -1.33. The molecule has 1 aromatic carbocycles. The van der Waals surface area contributed by atoms with Crippen LogP contribution in [0.15, 0.2) is 30.7 Å². The van der Waals surface area contributed by atoms with Crippen molar-refractivity contribution in [2.24, 2.45) is 0 Å². The number of fused-ring (bicyclic) bond motifs is 1. The van der Waals surface area contributed by atoms with Gasteiger partial charge >= 0.3 is 0 Å². The molecule has 2 amide bonds. The Morgan fingerprint density at radius 2 is 2.12 bits per heavy atom. The Morgan fingerprint density at radius 1 is 1.34 bits per heavy atom. The highest BCUT2D eigenvalue weighted by Crippen LogP contribution is 2.25. The van der Waals surface area contributed by atoms with Gasteiger partial charge in [0, 0.05) is 24.7 Å². The first-order valence-electron chi connectivity index (χ1n) is 9.96. The SMILES string of the molecule is Cc1cn(CC(=O)N2C[C@H](F)C[C@H]2C(=O)NCc2cccc(Cl)c2F)c2ncnc(N)c12. The van der Waals surface area contributed by atoms with E-state index >= 15 is 0 Å². The van der Waals surface area contributed by atoms with Crippen molar-refractivity contribution in [1.29, 1.82) is 0 Å². The number of hydrogen-bond donors (Lipinski definition) is 2. The van der Waals surface area contributed by atoms with Crippen LogP contribution in [0.1, 0.15) is 17.5 Å². The lowest BCUT2D eigenvalue weighted by molar-refractivity contribution is -0.139. The zero-order valence-corrected chi connectivity index (χ0v) is 17.9. The van der Waals surface area contributed by atoms with Gasteiger partial charge in [0.1, 0.15) is 42.4 Å². The minimum absolute atomic E-state index is 0.0584. The third-order valence-electron chi connectivity index (χ3n) is 5.54. The van der Waals surface area contributed by atoms with E-state index in [2.05, 4.69) is 15.3 Å². The van der Waals surface area contributed by atoms with E-state index in [0.717, 1.165) is 5.56 Å². The summed E-state index contributed by atoms with van der Waals surface area (Å²) >= 11 is 5.76. The summed E-state index contributed by atoms with van der Waals surface area (Å²) in [6, 6.07) is 3.46. The van der Waals surface area contributed by atoms with Gasteiger partial charge in [0.15, 0.2) is 0 Å². The lowest BCUT2D eigenvalue weighted by Crippen LogP contribution is -2.46. The Morgan fingerprint density at radius 3 is 2.91 bits per heavy atom. The van der Waals surface area contributed by atoms with Gasteiger partial charge in [-0.25, -0.2) is 18.7 Å². The maximum Gasteiger partial charge on any atom is 0.243 e. The van der Waals surface area contributed by atoms with Gasteiger partial charge in [-0.15, -0.1) is 0 Å². The first kappa shape index (κ1) is 21.9. The van der Waals surface area contributed by atoms with Crippen LogP contribution in [0.5, 0.6) is 0 Å². The number of anilines is 1. The second-order valence-electron chi connectivity index (χ2n) is 7.72. The molecule has 0 radical (unpaired) electrons. The first-order valence-corrected chi connectivity index (χ1v) is 10.3. The molecular formula is C21H21ClF2N6O2. The molecule has 3 aromatic rings. The summed E-state index contributed by atoms with van der Waals surface area (Å²) < 4.78 is 29.8. The number of hydrogen-bond acceptors (Lipinski definition) is 5. The zero-order chi connectivity index (χ0) is 23.0. The Kier molecular flexibility index (Phi) is 5.96. The molecule has 3 N–H and O–H groups in total. The van der Waals surface area contributed by atoms with Crippen molar-refractivity contribution >= 4 is 40.3 Å². The monoisotopic (exact) mass is 462 g/mol. The number of benzene rings is 1. The molecule has 0 spiro atoms. The summed E-state index contributed by atoms with van der Waals surface area (Å²) in [5, 5.41) is 3.16. The predicted octanol–water partition coefficient (Wildman–Crippen LogP) is 2.37. The van der Waals surface area contributed by atoms with Crippen LogP contribution in [-0.4, -0.2) is 50.0 Å². The number of halogens is 3. The van der Waals surface area contributed by atoms with E-state index in [0.29, 0.717) is 16.9 Å². The Balaban J connectivity index is 1.49. The predicted molar refractivity (Wildman–Crippen MR) is 115 cm³/mol. The highest BCUT2D eigenvalue weighted by atomic mass is 35.5. The maximum absolute atomic E-state index is 14.2. The molecule has 8 nitrogen and oxygen atoms in total. The number of aromatic nitrogens is 3. The van der Waals surface area contributed by atoms with Crippen LogP contribution in [0.4, 0.5) is 14.6 Å². The first-order chi connectivity index (χ1) is 15.3. The number of nitrogens with one attached hydrogen (secondary N) is 1. The molecule has 0 unspecified atom stereocenters. The number of rotatable bonds is 5. The largest absolute Gasteiger partial charge is 0.383 e. The van der Waals surface area contributed by atoms with Crippen LogP contribution in [0.3, 0.4) is 0 Å². The molecule has 1 saturated heterocycles. The average Bonchev–Trinajstić information content (AvgIpc) is 3.30. The van der Waals surface area contributed by atoms with E-state index in [1.165, 1.54) is 23.4 Å². The highest BCUT2D eigenvalue weighted by Gasteiger charge is 2.39. The fraction of sp³-hybridized carbons (Fsp3) is 0.333. The third-order valence-corrected chi connectivity index (χ3v) is 5.83. The normalized spacial score (nSPS) is 18.3. The van der Waals surface area contributed by atoms with E-state index in [-0.39, 0.29) is 36.6 Å². The highest BCUT2D eigenvalue weighted by molar-refractivity contribution is 6.30. The van der Waals surface area contributed by atoms with Crippen molar-refractivity contribution in [3.8, 4) is 0 Å². The van der Waals surface area contributed by atoms with Crippen LogP contribution in [0, 0.1) is 12.7 Å². The zero-order valence-electron chi connectivity index (χ0n) is 17.2. The molecule has 11 heteroatoms. The van der Waals surface area contributed by atoms with Gasteiger partial charge in [0.25, 0.3) is 0 Å². The molecule has 1 aliphatic heterocycles. The van der Waals surface area contributed by atoms with Crippen LogP contribution in [-0.2, 0) is 22.7 Å². The molecule has 4 rings (SSSR count). The number of carbonyl (C=O) groups is 2. The van der Waals surface area contributed by atoms with Gasteiger partial charge in [-0.2, -0.15) is 0 Å². The Hall–Kier alpha value is -3.27. The summed E-state index contributed by atoms with van der Waals surface area (Å²) in [7, 11) is 0. The standard InChI is InChI=1S/C21H21ClF2N6O2/c1-11-7-29(20-17(11)19(25)27-10-28-20)9-16(31)30-8-13(23)5-15(30)21(32)26-6-12-3-2-4-14(22)18(12)24/h2-4,7,10,13,15H,5-6,8-9H2,1H3,(H,26,32)(H2,25,27,28)/t13-,15+/m1/s1. The van der Waals surface area contributed by atoms with Gasteiger partial charge in [-0.3, -0.25) is 9.59 Å². The minimum Gasteiger partial charge on any atom is -0.383 e. The maximum atomic E-state index is 14.2. The second kappa shape index (κ2) is 8.70. The number of nitrogen functional groups attached to an aromatic ring is 1. The third kappa shape index (κ3) is 4.10. The van der Waals surface area contributed by atoms with E-state index in [4.69, 9.17) is 17.3 Å². The molecule has 0 saturated carbocycles. The number of nitrogens with zero attached hydrogens (tertiary/aromatic N) is 4.